The zero-order valence-corrected chi connectivity index (χ0v) is 12.1. The van der Waals surface area contributed by atoms with Crippen molar-refractivity contribution in [2.45, 2.75) is 22.8 Å². The van der Waals surface area contributed by atoms with Crippen LogP contribution < -0.4 is 4.72 Å². The fraction of sp³-hybridized carbons (Fsp3) is 0.300. The van der Waals surface area contributed by atoms with Crippen molar-refractivity contribution in [1.29, 1.82) is 0 Å². The van der Waals surface area contributed by atoms with E-state index in [0.717, 1.165) is 25.3 Å². The van der Waals surface area contributed by atoms with Crippen LogP contribution in [-0.2, 0) is 24.7 Å². The molecule has 20 heavy (non-hydrogen) atoms. The van der Waals surface area contributed by atoms with Gasteiger partial charge in [-0.2, -0.15) is 4.72 Å². The number of carbonyl (C=O) groups is 1. The molecule has 1 atom stereocenters. The first kappa shape index (κ1) is 16.5. The zero-order valence-electron chi connectivity index (χ0n) is 10.5. The number of carboxylic acids is 1. The highest BCUT2D eigenvalue weighted by Crippen LogP contribution is 2.19. The number of sulfonamides is 1. The molecule has 0 heterocycles. The average molecular weight is 325 g/mol. The highest BCUT2D eigenvalue weighted by Gasteiger charge is 2.23. The number of benzene rings is 1. The summed E-state index contributed by atoms with van der Waals surface area (Å²) in [6, 6.07) is 0.812. The van der Waals surface area contributed by atoms with Crippen LogP contribution in [0.1, 0.15) is 6.92 Å². The molecule has 0 unspecified atom stereocenters. The molecule has 0 saturated carbocycles. The molecule has 10 heteroatoms. The summed E-state index contributed by atoms with van der Waals surface area (Å²) in [5, 5.41) is 8.62. The molecule has 0 spiro atoms. The molecular formula is C10H12FNO6S2. The second-order valence-corrected chi connectivity index (χ2v) is 7.74. The van der Waals surface area contributed by atoms with Crippen molar-refractivity contribution in [3.8, 4) is 0 Å². The van der Waals surface area contributed by atoms with Crippen LogP contribution in [0.2, 0.25) is 0 Å². The topological polar surface area (TPSA) is 118 Å². The number of aliphatic carboxylic acids is 1. The van der Waals surface area contributed by atoms with Gasteiger partial charge in [0, 0.05) is 6.26 Å². The molecule has 0 radical (unpaired) electrons. The fourth-order valence-electron chi connectivity index (χ4n) is 1.30. The summed E-state index contributed by atoms with van der Waals surface area (Å²) in [5.41, 5.74) is 0. The Morgan fingerprint density at radius 2 is 1.85 bits per heavy atom. The molecule has 7 nitrogen and oxygen atoms in total. The number of hydrogen-bond donors (Lipinski definition) is 2. The van der Waals surface area contributed by atoms with Crippen molar-refractivity contribution in [1.82, 2.24) is 4.72 Å². The summed E-state index contributed by atoms with van der Waals surface area (Å²) >= 11 is 0. The number of nitrogens with one attached hydrogen (secondary N) is 1. The Bertz CT molecular complexity index is 741. The second-order valence-electron chi connectivity index (χ2n) is 4.05. The molecular weight excluding hydrogens is 313 g/mol. The number of sulfone groups is 1. The quantitative estimate of drug-likeness (QED) is 0.785. The predicted octanol–water partition coefficient (Wildman–Crippen LogP) is -0.0194. The lowest BCUT2D eigenvalue weighted by molar-refractivity contribution is -0.138. The van der Waals surface area contributed by atoms with E-state index >= 15 is 0 Å². The molecule has 0 aliphatic carbocycles. The van der Waals surface area contributed by atoms with E-state index in [1.54, 1.807) is 0 Å². The highest BCUT2D eigenvalue weighted by molar-refractivity contribution is 7.90. The van der Waals surface area contributed by atoms with Gasteiger partial charge in [-0.1, -0.05) is 0 Å². The van der Waals surface area contributed by atoms with Gasteiger partial charge in [0.15, 0.2) is 9.84 Å². The van der Waals surface area contributed by atoms with Crippen molar-refractivity contribution >= 4 is 25.8 Å². The summed E-state index contributed by atoms with van der Waals surface area (Å²) < 4.78 is 61.3. The summed E-state index contributed by atoms with van der Waals surface area (Å²) in [6.45, 7) is 1.10. The van der Waals surface area contributed by atoms with Gasteiger partial charge in [-0.25, -0.2) is 21.2 Å². The molecule has 1 aromatic rings. The van der Waals surface area contributed by atoms with Crippen molar-refractivity contribution in [3.63, 3.8) is 0 Å². The van der Waals surface area contributed by atoms with Gasteiger partial charge in [0.25, 0.3) is 0 Å². The summed E-state index contributed by atoms with van der Waals surface area (Å²) in [4.78, 5) is 9.38. The van der Waals surface area contributed by atoms with Gasteiger partial charge in [-0.05, 0) is 25.1 Å². The van der Waals surface area contributed by atoms with Crippen LogP contribution in [0, 0.1) is 5.82 Å². The van der Waals surface area contributed by atoms with Gasteiger partial charge < -0.3 is 5.11 Å². The molecule has 0 aliphatic rings. The van der Waals surface area contributed by atoms with Gasteiger partial charge in [-0.15, -0.1) is 0 Å². The van der Waals surface area contributed by atoms with Crippen LogP contribution in [0.4, 0.5) is 4.39 Å². The lowest BCUT2D eigenvalue weighted by Gasteiger charge is -2.11. The Morgan fingerprint density at radius 1 is 1.30 bits per heavy atom. The van der Waals surface area contributed by atoms with Crippen LogP contribution in [0.25, 0.3) is 0 Å². The molecule has 0 aromatic heterocycles. The summed E-state index contributed by atoms with van der Waals surface area (Å²) in [5.74, 6) is -2.62. The minimum atomic E-state index is -4.25. The van der Waals surface area contributed by atoms with Crippen LogP contribution in [-0.4, -0.2) is 40.2 Å². The Balaban J connectivity index is 3.23. The minimum Gasteiger partial charge on any atom is -0.480 e. The Hall–Kier alpha value is -1.52. The molecule has 2 N–H and O–H groups in total. The van der Waals surface area contributed by atoms with Gasteiger partial charge in [-0.3, -0.25) is 4.79 Å². The molecule has 0 fully saturated rings. The van der Waals surface area contributed by atoms with Crippen LogP contribution in [0.5, 0.6) is 0 Å². The van der Waals surface area contributed by atoms with E-state index in [1.165, 1.54) is 0 Å². The van der Waals surface area contributed by atoms with E-state index in [1.807, 2.05) is 4.72 Å². The van der Waals surface area contributed by atoms with Gasteiger partial charge >= 0.3 is 5.97 Å². The van der Waals surface area contributed by atoms with Crippen molar-refractivity contribution in [2.24, 2.45) is 0 Å². The number of rotatable bonds is 5. The molecule has 0 amide bonds. The maximum Gasteiger partial charge on any atom is 0.321 e. The number of carboxylic acid groups (broad SMARTS) is 1. The number of halogens is 1. The molecule has 0 bridgehead atoms. The lowest BCUT2D eigenvalue weighted by Crippen LogP contribution is -2.38. The largest absolute Gasteiger partial charge is 0.480 e. The van der Waals surface area contributed by atoms with E-state index in [0.29, 0.717) is 6.07 Å². The second kappa shape index (κ2) is 5.46. The SMILES string of the molecule is C[C@@H](NS(=O)(=O)c1ccc(S(C)(=O)=O)c(F)c1)C(=O)O. The van der Waals surface area contributed by atoms with Gasteiger partial charge in [0.05, 0.1) is 4.90 Å². The zero-order chi connectivity index (χ0) is 15.7. The first-order valence-electron chi connectivity index (χ1n) is 5.20. The van der Waals surface area contributed by atoms with E-state index < -0.39 is 47.5 Å². The summed E-state index contributed by atoms with van der Waals surface area (Å²) in [7, 11) is -8.07. The summed E-state index contributed by atoms with van der Waals surface area (Å²) in [6.07, 6.45) is 0.782. The van der Waals surface area contributed by atoms with E-state index in [2.05, 4.69) is 0 Å². The van der Waals surface area contributed by atoms with Crippen molar-refractivity contribution in [2.75, 3.05) is 6.26 Å². The normalized spacial score (nSPS) is 13.9. The fourth-order valence-corrected chi connectivity index (χ4v) is 3.24. The van der Waals surface area contributed by atoms with Gasteiger partial charge in [0.2, 0.25) is 10.0 Å². The predicted molar refractivity (Wildman–Crippen MR) is 66.9 cm³/mol. The third kappa shape index (κ3) is 3.74. The maximum absolute atomic E-state index is 13.6. The van der Waals surface area contributed by atoms with Crippen LogP contribution in [0.3, 0.4) is 0 Å². The van der Waals surface area contributed by atoms with Crippen LogP contribution in [0.15, 0.2) is 28.0 Å². The van der Waals surface area contributed by atoms with Crippen molar-refractivity contribution in [3.05, 3.63) is 24.0 Å². The molecule has 1 rings (SSSR count). The standard InChI is InChI=1S/C10H12FNO6S2/c1-6(10(13)14)12-20(17,18)7-3-4-9(8(11)5-7)19(2,15)16/h3-6,12H,1-2H3,(H,13,14)/t6-/m1/s1. The molecule has 0 aliphatic heterocycles. The smallest absolute Gasteiger partial charge is 0.321 e. The third-order valence-electron chi connectivity index (χ3n) is 2.32. The Labute approximate surface area is 115 Å². The van der Waals surface area contributed by atoms with Crippen LogP contribution >= 0.6 is 0 Å². The molecule has 112 valence electrons. The first-order chi connectivity index (χ1) is 8.95. The van der Waals surface area contributed by atoms with E-state index in [-0.39, 0.29) is 0 Å². The van der Waals surface area contributed by atoms with E-state index in [4.69, 9.17) is 5.11 Å². The highest BCUT2D eigenvalue weighted by atomic mass is 32.2. The third-order valence-corrected chi connectivity index (χ3v) is 4.98. The maximum atomic E-state index is 13.6. The minimum absolute atomic E-state index is 0.521. The first-order valence-corrected chi connectivity index (χ1v) is 8.57. The molecule has 1 aromatic carbocycles. The lowest BCUT2D eigenvalue weighted by atomic mass is 10.3. The number of hydrogen-bond acceptors (Lipinski definition) is 5. The Kier molecular flexibility index (Phi) is 4.52. The molecule has 0 saturated heterocycles. The monoisotopic (exact) mass is 325 g/mol. The van der Waals surface area contributed by atoms with Crippen molar-refractivity contribution < 1.29 is 31.1 Å². The Morgan fingerprint density at radius 3 is 2.25 bits per heavy atom. The average Bonchev–Trinajstić information content (AvgIpc) is 2.26. The van der Waals surface area contributed by atoms with E-state index in [9.17, 15) is 26.0 Å². The van der Waals surface area contributed by atoms with Gasteiger partial charge in [0.1, 0.15) is 16.8 Å².